The fraction of sp³-hybridized carbons (Fsp3) is 0.688. The number of nitrogens with one attached hydrogen (secondary N) is 1. The Hall–Kier alpha value is -1.09. The second kappa shape index (κ2) is 6.38. The van der Waals surface area contributed by atoms with Crippen LogP contribution in [0.1, 0.15) is 32.1 Å². The number of fused-ring (bicyclic) bond motifs is 2. The van der Waals surface area contributed by atoms with E-state index in [4.69, 9.17) is 0 Å². The lowest BCUT2D eigenvalue weighted by Gasteiger charge is -2.31. The summed E-state index contributed by atoms with van der Waals surface area (Å²) < 4.78 is 0. The molecule has 0 saturated heterocycles. The van der Waals surface area contributed by atoms with E-state index in [9.17, 15) is 9.90 Å². The van der Waals surface area contributed by atoms with Crippen molar-refractivity contribution in [3.63, 3.8) is 0 Å². The molecule has 0 spiro atoms. The second-order valence-electron chi connectivity index (χ2n) is 5.96. The summed E-state index contributed by atoms with van der Waals surface area (Å²) in [6, 6.07) is 0.174. The average Bonchev–Trinajstić information content (AvgIpc) is 2.99. The van der Waals surface area contributed by atoms with Crippen LogP contribution in [0.5, 0.6) is 0 Å². The Morgan fingerprint density at radius 1 is 1.26 bits per heavy atom. The number of rotatable bonds is 7. The van der Waals surface area contributed by atoms with E-state index < -0.39 is 0 Å². The maximum Gasteiger partial charge on any atom is 0.223 e. The highest BCUT2D eigenvalue weighted by Gasteiger charge is 2.47. The van der Waals surface area contributed by atoms with E-state index in [1.807, 2.05) is 0 Å². The molecule has 2 saturated carbocycles. The summed E-state index contributed by atoms with van der Waals surface area (Å²) >= 11 is 0. The second-order valence-corrected chi connectivity index (χ2v) is 5.96. The molecule has 1 amide bonds. The Kier molecular flexibility index (Phi) is 4.81. The summed E-state index contributed by atoms with van der Waals surface area (Å²) in [4.78, 5) is 12.3. The summed E-state index contributed by atoms with van der Waals surface area (Å²) in [6.07, 6.45) is 8.52. The molecule has 0 aliphatic heterocycles. The minimum absolute atomic E-state index is 0.0616. The van der Waals surface area contributed by atoms with Crippen molar-refractivity contribution in [2.24, 2.45) is 23.7 Å². The zero-order valence-corrected chi connectivity index (χ0v) is 11.6. The third-order valence-corrected chi connectivity index (χ3v) is 4.88. The summed E-state index contributed by atoms with van der Waals surface area (Å²) in [7, 11) is 0. The van der Waals surface area contributed by atoms with Crippen LogP contribution in [0.25, 0.3) is 0 Å². The van der Waals surface area contributed by atoms with Crippen LogP contribution in [0, 0.1) is 23.7 Å². The predicted molar refractivity (Wildman–Crippen MR) is 76.5 cm³/mol. The average molecular weight is 263 g/mol. The Morgan fingerprint density at radius 3 is 2.47 bits per heavy atom. The lowest BCUT2D eigenvalue weighted by Crippen LogP contribution is -2.47. The molecule has 0 heterocycles. The zero-order valence-electron chi connectivity index (χ0n) is 11.6. The number of aliphatic hydroxyl groups excluding tert-OH is 1. The first-order chi connectivity index (χ1) is 9.21. The Bertz CT molecular complexity index is 343. The molecule has 106 valence electrons. The van der Waals surface area contributed by atoms with Crippen molar-refractivity contribution >= 4 is 5.91 Å². The van der Waals surface area contributed by atoms with E-state index in [1.165, 1.54) is 19.3 Å². The summed E-state index contributed by atoms with van der Waals surface area (Å²) in [5.74, 6) is 1.47. The third-order valence-electron chi connectivity index (χ3n) is 4.88. The van der Waals surface area contributed by atoms with Gasteiger partial charge in [0, 0.05) is 24.5 Å². The van der Waals surface area contributed by atoms with Crippen LogP contribution >= 0.6 is 0 Å². The van der Waals surface area contributed by atoms with Gasteiger partial charge in [0.25, 0.3) is 0 Å². The summed E-state index contributed by atoms with van der Waals surface area (Å²) in [5, 5.41) is 12.7. The molecule has 4 unspecified atom stereocenters. The molecule has 2 N–H and O–H groups in total. The molecule has 2 aliphatic rings. The smallest absolute Gasteiger partial charge is 0.223 e. The van der Waals surface area contributed by atoms with E-state index in [2.05, 4.69) is 18.5 Å². The monoisotopic (exact) mass is 263 g/mol. The first kappa shape index (κ1) is 14.3. The number of carbonyl (C=O) groups excluding carboxylic acids is 1. The van der Waals surface area contributed by atoms with Crippen molar-refractivity contribution in [1.82, 2.24) is 5.32 Å². The third kappa shape index (κ3) is 2.92. The lowest BCUT2D eigenvalue weighted by atomic mass is 9.84. The van der Waals surface area contributed by atoms with Gasteiger partial charge in [0.2, 0.25) is 5.91 Å². The van der Waals surface area contributed by atoms with Crippen LogP contribution in [0.15, 0.2) is 25.3 Å². The molecule has 0 radical (unpaired) electrons. The molecule has 4 atom stereocenters. The number of allylic oxidation sites excluding steroid dienone is 2. The van der Waals surface area contributed by atoms with Crippen molar-refractivity contribution in [3.05, 3.63) is 25.3 Å². The van der Waals surface area contributed by atoms with Crippen LogP contribution in [-0.2, 0) is 4.79 Å². The highest BCUT2D eigenvalue weighted by molar-refractivity contribution is 5.79. The quantitative estimate of drug-likeness (QED) is 0.692. The van der Waals surface area contributed by atoms with Gasteiger partial charge >= 0.3 is 0 Å². The predicted octanol–water partition coefficient (Wildman–Crippen LogP) is 2.28. The number of hydrogen-bond donors (Lipinski definition) is 2. The minimum atomic E-state index is -0.0616. The van der Waals surface area contributed by atoms with Crippen LogP contribution in [-0.4, -0.2) is 23.7 Å². The number of hydrogen-bond acceptors (Lipinski definition) is 2. The van der Waals surface area contributed by atoms with Crippen molar-refractivity contribution in [2.75, 3.05) is 6.61 Å². The molecular weight excluding hydrogens is 238 g/mol. The minimum Gasteiger partial charge on any atom is -0.396 e. The molecule has 0 aromatic heterocycles. The zero-order chi connectivity index (χ0) is 13.8. The summed E-state index contributed by atoms with van der Waals surface area (Å²) in [6.45, 7) is 7.62. The standard InChI is InChI=1S/C16H25NO2/c1-3-5-11(6-4-2)16(19)17-15-13-8-7-12(9-13)14(15)10-18/h3-4,11-15,18H,1-2,5-10H2,(H,17,19). The van der Waals surface area contributed by atoms with Gasteiger partial charge in [-0.2, -0.15) is 0 Å². The number of amides is 1. The Balaban J connectivity index is 1.97. The first-order valence-corrected chi connectivity index (χ1v) is 7.34. The van der Waals surface area contributed by atoms with Gasteiger partial charge in [-0.15, -0.1) is 13.2 Å². The highest BCUT2D eigenvalue weighted by atomic mass is 16.3. The van der Waals surface area contributed by atoms with Crippen LogP contribution in [0.3, 0.4) is 0 Å². The van der Waals surface area contributed by atoms with Gasteiger partial charge in [-0.1, -0.05) is 12.2 Å². The van der Waals surface area contributed by atoms with E-state index in [0.717, 1.165) is 0 Å². The van der Waals surface area contributed by atoms with Crippen molar-refractivity contribution in [3.8, 4) is 0 Å². The van der Waals surface area contributed by atoms with Crippen LogP contribution in [0.2, 0.25) is 0 Å². The number of aliphatic hydroxyl groups is 1. The molecule has 2 bridgehead atoms. The molecule has 2 fully saturated rings. The fourth-order valence-corrected chi connectivity index (χ4v) is 3.89. The molecule has 3 nitrogen and oxygen atoms in total. The van der Waals surface area contributed by atoms with Gasteiger partial charge in [0.15, 0.2) is 0 Å². The molecule has 2 rings (SSSR count). The Labute approximate surface area is 115 Å². The van der Waals surface area contributed by atoms with Crippen molar-refractivity contribution in [1.29, 1.82) is 0 Å². The number of carbonyl (C=O) groups is 1. The molecular formula is C16H25NO2. The highest BCUT2D eigenvalue weighted by Crippen LogP contribution is 2.48. The van der Waals surface area contributed by atoms with E-state index >= 15 is 0 Å². The van der Waals surface area contributed by atoms with Gasteiger partial charge in [-0.05, 0) is 43.9 Å². The van der Waals surface area contributed by atoms with Crippen molar-refractivity contribution in [2.45, 2.75) is 38.1 Å². The van der Waals surface area contributed by atoms with Gasteiger partial charge in [0.1, 0.15) is 0 Å². The van der Waals surface area contributed by atoms with Crippen molar-refractivity contribution < 1.29 is 9.90 Å². The van der Waals surface area contributed by atoms with E-state index in [-0.39, 0.29) is 30.4 Å². The first-order valence-electron chi connectivity index (χ1n) is 7.34. The molecule has 0 aromatic carbocycles. The van der Waals surface area contributed by atoms with Crippen LogP contribution in [0.4, 0.5) is 0 Å². The van der Waals surface area contributed by atoms with Gasteiger partial charge in [0.05, 0.1) is 0 Å². The van der Waals surface area contributed by atoms with E-state index in [0.29, 0.717) is 24.7 Å². The Morgan fingerprint density at radius 2 is 1.89 bits per heavy atom. The molecule has 0 aromatic rings. The largest absolute Gasteiger partial charge is 0.396 e. The molecule has 3 heteroatoms. The SMILES string of the molecule is C=CCC(CC=C)C(=O)NC1C2CCC(C2)C1CO. The van der Waals surface area contributed by atoms with Gasteiger partial charge in [-0.25, -0.2) is 0 Å². The molecule has 2 aliphatic carbocycles. The molecule has 19 heavy (non-hydrogen) atoms. The van der Waals surface area contributed by atoms with Crippen LogP contribution < -0.4 is 5.32 Å². The maximum absolute atomic E-state index is 12.3. The van der Waals surface area contributed by atoms with E-state index in [1.54, 1.807) is 12.2 Å². The summed E-state index contributed by atoms with van der Waals surface area (Å²) in [5.41, 5.74) is 0. The topological polar surface area (TPSA) is 49.3 Å². The van der Waals surface area contributed by atoms with Gasteiger partial charge < -0.3 is 10.4 Å². The van der Waals surface area contributed by atoms with Gasteiger partial charge in [-0.3, -0.25) is 4.79 Å². The normalized spacial score (nSPS) is 32.5. The maximum atomic E-state index is 12.3. The lowest BCUT2D eigenvalue weighted by molar-refractivity contribution is -0.126. The fourth-order valence-electron chi connectivity index (χ4n) is 3.89.